The number of ketones is 1. The topological polar surface area (TPSA) is 61.1 Å². The van der Waals surface area contributed by atoms with Crippen molar-refractivity contribution in [1.82, 2.24) is 9.13 Å². The van der Waals surface area contributed by atoms with Crippen molar-refractivity contribution < 1.29 is 4.79 Å². The summed E-state index contributed by atoms with van der Waals surface area (Å²) in [7, 11) is 2.92. The van der Waals surface area contributed by atoms with E-state index in [1.165, 1.54) is 46.6 Å². The molecule has 0 radical (unpaired) electrons. The minimum Gasteiger partial charge on any atom is -0.303 e. The van der Waals surface area contributed by atoms with Gasteiger partial charge < -0.3 is 4.57 Å². The number of rotatable bonds is 2. The van der Waals surface area contributed by atoms with Gasteiger partial charge in [0.1, 0.15) is 5.56 Å². The Balaban J connectivity index is 2.09. The number of nitrogens with zero attached hydrogens (tertiary/aromatic N) is 2. The molecule has 3 heterocycles. The number of aromatic nitrogens is 2. The van der Waals surface area contributed by atoms with Gasteiger partial charge in [0.15, 0.2) is 0 Å². The zero-order valence-corrected chi connectivity index (χ0v) is 13.3. The van der Waals surface area contributed by atoms with Crippen LogP contribution in [0.15, 0.2) is 21.9 Å². The van der Waals surface area contributed by atoms with E-state index in [2.05, 4.69) is 0 Å². The van der Waals surface area contributed by atoms with Gasteiger partial charge in [-0.15, -0.1) is 11.3 Å². The maximum Gasteiger partial charge on any atom is 0.330 e. The molecule has 1 aliphatic heterocycles. The Bertz CT molecular complexity index is 821. The van der Waals surface area contributed by atoms with Crippen LogP contribution in [0.2, 0.25) is 0 Å². The average molecular weight is 322 g/mol. The van der Waals surface area contributed by atoms with Crippen LogP contribution in [0.25, 0.3) is 0 Å². The lowest BCUT2D eigenvalue weighted by molar-refractivity contribution is 0.103. The first kappa shape index (κ1) is 14.3. The highest BCUT2D eigenvalue weighted by atomic mass is 32.2. The number of thiophene rings is 1. The predicted molar refractivity (Wildman–Crippen MR) is 84.5 cm³/mol. The molecule has 1 aliphatic rings. The molecule has 0 unspecified atom stereocenters. The van der Waals surface area contributed by atoms with Crippen LogP contribution in [0.4, 0.5) is 0 Å². The Hall–Kier alpha value is -1.60. The van der Waals surface area contributed by atoms with Gasteiger partial charge in [0.2, 0.25) is 5.78 Å². The highest BCUT2D eigenvalue weighted by Crippen LogP contribution is 2.32. The molecule has 0 amide bonds. The zero-order valence-electron chi connectivity index (χ0n) is 11.7. The van der Waals surface area contributed by atoms with Gasteiger partial charge in [-0.3, -0.25) is 14.2 Å². The average Bonchev–Trinajstić information content (AvgIpc) is 2.92. The minimum absolute atomic E-state index is 0.0471. The number of thioether (sulfide) groups is 1. The van der Waals surface area contributed by atoms with Crippen molar-refractivity contribution in [1.29, 1.82) is 0 Å². The maximum absolute atomic E-state index is 12.6. The normalized spacial score (nSPS) is 14.0. The van der Waals surface area contributed by atoms with Crippen molar-refractivity contribution in [3.8, 4) is 0 Å². The van der Waals surface area contributed by atoms with Gasteiger partial charge in [-0.1, -0.05) is 0 Å². The molecule has 0 atom stereocenters. The third-order valence-corrected chi connectivity index (χ3v) is 5.79. The van der Waals surface area contributed by atoms with Crippen molar-refractivity contribution in [2.24, 2.45) is 14.1 Å². The van der Waals surface area contributed by atoms with Gasteiger partial charge in [-0.25, -0.2) is 4.79 Å². The summed E-state index contributed by atoms with van der Waals surface area (Å²) in [6.07, 6.45) is 2.31. The van der Waals surface area contributed by atoms with E-state index in [0.717, 1.165) is 22.5 Å². The molecule has 0 bridgehead atoms. The molecule has 0 saturated carbocycles. The van der Waals surface area contributed by atoms with Gasteiger partial charge in [0.25, 0.3) is 5.56 Å². The Morgan fingerprint density at radius 2 is 2.05 bits per heavy atom. The second kappa shape index (κ2) is 5.31. The fraction of sp³-hybridized carbons (Fsp3) is 0.357. The SMILES string of the molecule is Cn1cc(C(=O)c2cc3c(s2)CCSC3)c(=O)n(C)c1=O. The van der Waals surface area contributed by atoms with Crippen molar-refractivity contribution in [2.75, 3.05) is 5.75 Å². The Labute approximate surface area is 129 Å². The molecule has 110 valence electrons. The second-order valence-electron chi connectivity index (χ2n) is 4.99. The highest BCUT2D eigenvalue weighted by molar-refractivity contribution is 7.98. The largest absolute Gasteiger partial charge is 0.330 e. The molecule has 7 heteroatoms. The molecule has 3 rings (SSSR count). The molecular weight excluding hydrogens is 308 g/mol. The first-order valence-electron chi connectivity index (χ1n) is 6.49. The van der Waals surface area contributed by atoms with E-state index < -0.39 is 11.2 Å². The first-order valence-corrected chi connectivity index (χ1v) is 8.47. The van der Waals surface area contributed by atoms with Crippen LogP contribution < -0.4 is 11.2 Å². The van der Waals surface area contributed by atoms with Crippen molar-refractivity contribution >= 4 is 28.9 Å². The van der Waals surface area contributed by atoms with Crippen molar-refractivity contribution in [3.63, 3.8) is 0 Å². The molecule has 0 aliphatic carbocycles. The summed E-state index contributed by atoms with van der Waals surface area (Å²) in [5.74, 6) is 1.70. The van der Waals surface area contributed by atoms with Gasteiger partial charge in [0, 0.05) is 30.9 Å². The highest BCUT2D eigenvalue weighted by Gasteiger charge is 2.21. The van der Waals surface area contributed by atoms with E-state index in [4.69, 9.17) is 0 Å². The fourth-order valence-electron chi connectivity index (χ4n) is 2.36. The summed E-state index contributed by atoms with van der Waals surface area (Å²) in [5.41, 5.74) is 0.273. The van der Waals surface area contributed by atoms with Crippen LogP contribution in [0.1, 0.15) is 25.7 Å². The maximum atomic E-state index is 12.6. The number of fused-ring (bicyclic) bond motifs is 1. The van der Waals surface area contributed by atoms with Gasteiger partial charge >= 0.3 is 5.69 Å². The molecule has 5 nitrogen and oxygen atoms in total. The summed E-state index contributed by atoms with van der Waals surface area (Å²) >= 11 is 3.32. The summed E-state index contributed by atoms with van der Waals surface area (Å²) in [5, 5.41) is 0. The Kier molecular flexibility index (Phi) is 3.62. The smallest absolute Gasteiger partial charge is 0.303 e. The third-order valence-electron chi connectivity index (χ3n) is 3.54. The lowest BCUT2D eigenvalue weighted by atomic mass is 10.1. The third kappa shape index (κ3) is 2.40. The second-order valence-corrected chi connectivity index (χ2v) is 7.23. The number of hydrogen-bond donors (Lipinski definition) is 0. The van der Waals surface area contributed by atoms with Gasteiger partial charge in [0.05, 0.1) is 4.88 Å². The number of aryl methyl sites for hydroxylation is 2. The minimum atomic E-state index is -0.538. The molecule has 2 aromatic heterocycles. The van der Waals surface area contributed by atoms with Crippen LogP contribution in [-0.2, 0) is 26.3 Å². The molecule has 21 heavy (non-hydrogen) atoms. The molecule has 0 N–H and O–H groups in total. The van der Waals surface area contributed by atoms with Crippen molar-refractivity contribution in [3.05, 3.63) is 54.0 Å². The van der Waals surface area contributed by atoms with E-state index >= 15 is 0 Å². The summed E-state index contributed by atoms with van der Waals surface area (Å²) in [6, 6.07) is 1.89. The van der Waals surface area contributed by atoms with E-state index in [1.807, 2.05) is 17.8 Å². The van der Waals surface area contributed by atoms with Gasteiger partial charge in [-0.05, 0) is 23.8 Å². The van der Waals surface area contributed by atoms with Crippen LogP contribution in [0.5, 0.6) is 0 Å². The van der Waals surface area contributed by atoms with Crippen LogP contribution in [0.3, 0.4) is 0 Å². The van der Waals surface area contributed by atoms with Gasteiger partial charge in [-0.2, -0.15) is 11.8 Å². The van der Waals surface area contributed by atoms with Crippen molar-refractivity contribution in [2.45, 2.75) is 12.2 Å². The monoisotopic (exact) mass is 322 g/mol. The number of hydrogen-bond acceptors (Lipinski definition) is 5. The van der Waals surface area contributed by atoms with E-state index in [0.29, 0.717) is 4.88 Å². The molecule has 2 aromatic rings. The molecule has 0 aromatic carbocycles. The zero-order chi connectivity index (χ0) is 15.1. The van der Waals surface area contributed by atoms with E-state index in [-0.39, 0.29) is 11.3 Å². The van der Waals surface area contributed by atoms with Crippen LogP contribution in [0, 0.1) is 0 Å². The molecule has 0 saturated heterocycles. The lowest BCUT2D eigenvalue weighted by Gasteiger charge is -2.08. The standard InChI is InChI=1S/C14H14N2O3S2/c1-15-6-9(13(18)16(2)14(15)19)12(17)11-5-8-7-20-4-3-10(8)21-11/h5-6H,3-4,7H2,1-2H3. The molecule has 0 spiro atoms. The van der Waals surface area contributed by atoms with Crippen LogP contribution in [-0.4, -0.2) is 20.7 Å². The van der Waals surface area contributed by atoms with E-state index in [1.54, 1.807) is 0 Å². The Morgan fingerprint density at radius 1 is 1.29 bits per heavy atom. The molecular formula is C14H14N2O3S2. The fourth-order valence-corrected chi connectivity index (χ4v) is 4.68. The summed E-state index contributed by atoms with van der Waals surface area (Å²) in [4.78, 5) is 38.2. The quantitative estimate of drug-likeness (QED) is 0.779. The van der Waals surface area contributed by atoms with E-state index in [9.17, 15) is 14.4 Å². The Morgan fingerprint density at radius 3 is 2.76 bits per heavy atom. The summed E-state index contributed by atoms with van der Waals surface area (Å²) in [6.45, 7) is 0. The summed E-state index contributed by atoms with van der Waals surface area (Å²) < 4.78 is 2.23. The number of carbonyl (C=O) groups is 1. The van der Waals surface area contributed by atoms with Crippen LogP contribution >= 0.6 is 23.1 Å². The lowest BCUT2D eigenvalue weighted by Crippen LogP contribution is -2.39. The predicted octanol–water partition coefficient (Wildman–Crippen LogP) is 1.17. The molecule has 0 fully saturated rings. The number of carbonyl (C=O) groups excluding carboxylic acids is 1. The first-order chi connectivity index (χ1) is 9.99.